The molecule has 1 aromatic heterocycles. The van der Waals surface area contributed by atoms with E-state index in [1.165, 1.54) is 11.0 Å². The van der Waals surface area contributed by atoms with E-state index in [2.05, 4.69) is 14.8 Å². The van der Waals surface area contributed by atoms with Crippen LogP contribution < -0.4 is 15.4 Å². The lowest BCUT2D eigenvalue weighted by atomic mass is 9.82. The smallest absolute Gasteiger partial charge is 0.319 e. The van der Waals surface area contributed by atoms with Gasteiger partial charge >= 0.3 is 6.01 Å². The Balaban J connectivity index is 1.44. The maximum atomic E-state index is 15.5. The number of hydrogen-bond acceptors (Lipinski definition) is 10. The molecule has 0 spiro atoms. The number of carbonyl (C=O) groups is 1. The van der Waals surface area contributed by atoms with E-state index < -0.39 is 5.91 Å². The second-order valence-electron chi connectivity index (χ2n) is 15.4. The summed E-state index contributed by atoms with van der Waals surface area (Å²) in [4.78, 5) is 43.3. The van der Waals surface area contributed by atoms with Gasteiger partial charge in [-0.1, -0.05) is 19.1 Å². The highest BCUT2D eigenvalue weighted by molar-refractivity contribution is 6.50. The summed E-state index contributed by atoms with van der Waals surface area (Å²) in [5.74, 6) is 0.309. The number of nitrogens with zero attached hydrogens (tertiary/aromatic N) is 8. The zero-order chi connectivity index (χ0) is 39.0. The molecule has 55 heavy (non-hydrogen) atoms. The average Bonchev–Trinajstić information content (AvgIpc) is 3.66. The highest BCUT2D eigenvalue weighted by Crippen LogP contribution is 2.45. The van der Waals surface area contributed by atoms with Crippen molar-refractivity contribution in [3.8, 4) is 11.8 Å². The summed E-state index contributed by atoms with van der Waals surface area (Å²) >= 11 is 0. The number of aliphatic imine (C=N–C) groups is 3. The molecule has 4 heterocycles. The fraction of sp³-hybridized carbons (Fsp3) is 0.476. The van der Waals surface area contributed by atoms with Crippen LogP contribution in [0, 0.1) is 5.82 Å². The molecule has 13 heteroatoms. The number of amides is 1. The van der Waals surface area contributed by atoms with Gasteiger partial charge in [-0.2, -0.15) is 9.97 Å². The highest BCUT2D eigenvalue weighted by Gasteiger charge is 2.45. The number of phenols is 1. The number of benzene rings is 2. The lowest BCUT2D eigenvalue weighted by molar-refractivity contribution is -0.121. The summed E-state index contributed by atoms with van der Waals surface area (Å²) in [5, 5.41) is 12.5. The molecule has 0 saturated carbocycles. The monoisotopic (exact) mass is 749 g/mol. The molecule has 3 N–H and O–H groups in total. The molecule has 3 aliphatic heterocycles. The van der Waals surface area contributed by atoms with Crippen LogP contribution >= 0.6 is 0 Å². The van der Waals surface area contributed by atoms with Gasteiger partial charge in [-0.25, -0.2) is 9.38 Å². The predicted molar refractivity (Wildman–Crippen MR) is 219 cm³/mol. The third-order valence-electron chi connectivity index (χ3n) is 11.1. The number of nitrogens with two attached hydrogens (primary N) is 1. The minimum atomic E-state index is -0.394. The molecular weight excluding hydrogens is 698 g/mol. The molecule has 1 amide bonds. The second kappa shape index (κ2) is 15.5. The lowest BCUT2D eigenvalue weighted by Gasteiger charge is -2.32. The van der Waals surface area contributed by atoms with E-state index in [9.17, 15) is 9.90 Å². The fourth-order valence-corrected chi connectivity index (χ4v) is 8.61. The van der Waals surface area contributed by atoms with E-state index in [1.807, 2.05) is 39.8 Å². The Hall–Kier alpha value is -5.17. The van der Waals surface area contributed by atoms with E-state index in [0.29, 0.717) is 66.7 Å². The zero-order valence-corrected chi connectivity index (χ0v) is 32.8. The van der Waals surface area contributed by atoms with Crippen molar-refractivity contribution >= 4 is 57.1 Å². The summed E-state index contributed by atoms with van der Waals surface area (Å²) < 4.78 is 22.1. The van der Waals surface area contributed by atoms with Crippen molar-refractivity contribution in [3.63, 3.8) is 0 Å². The Kier molecular flexibility index (Phi) is 10.8. The SMILES string of the molecule is C/C=C1\C(=NC(C)C)C(c2cc(O)cc3ccc(F)c(CC)c23)=Cc2nc(OCC34CCCN3CCC4)nc(N3CCCN=C(N=C(N)C(=O)N(C)C)C3)c21. The molecule has 0 unspecified atom stereocenters. The van der Waals surface area contributed by atoms with Crippen LogP contribution in [0.2, 0.25) is 0 Å². The number of carbonyl (C=O) groups excluding carboxylic acids is 1. The first-order valence-corrected chi connectivity index (χ1v) is 19.5. The number of hydrogen-bond donors (Lipinski definition) is 2. The van der Waals surface area contributed by atoms with Gasteiger partial charge in [0.2, 0.25) is 0 Å². The van der Waals surface area contributed by atoms with E-state index in [4.69, 9.17) is 30.4 Å². The maximum absolute atomic E-state index is 15.5. The van der Waals surface area contributed by atoms with Gasteiger partial charge in [0.25, 0.3) is 5.91 Å². The number of fused-ring (bicyclic) bond motifs is 3. The van der Waals surface area contributed by atoms with Crippen LogP contribution in [-0.2, 0) is 11.2 Å². The van der Waals surface area contributed by atoms with Crippen LogP contribution in [0.3, 0.4) is 0 Å². The number of aromatic nitrogens is 2. The topological polar surface area (TPSA) is 145 Å². The molecule has 2 fully saturated rings. The van der Waals surface area contributed by atoms with Gasteiger partial charge in [0.05, 0.1) is 29.1 Å². The van der Waals surface area contributed by atoms with Gasteiger partial charge in [0.1, 0.15) is 29.8 Å². The molecule has 3 aromatic rings. The minimum absolute atomic E-state index is 0.0270. The van der Waals surface area contributed by atoms with Crippen LogP contribution in [0.5, 0.6) is 11.8 Å². The number of allylic oxidation sites excluding steroid dienone is 3. The number of halogens is 1. The van der Waals surface area contributed by atoms with Gasteiger partial charge in [-0.15, -0.1) is 0 Å². The van der Waals surface area contributed by atoms with Crippen molar-refractivity contribution in [2.75, 3.05) is 58.3 Å². The Morgan fingerprint density at radius 1 is 1.15 bits per heavy atom. The number of aromatic hydroxyl groups is 1. The average molecular weight is 750 g/mol. The number of phenolic OH excluding ortho intramolecular Hbond substituents is 1. The van der Waals surface area contributed by atoms with E-state index >= 15 is 4.39 Å². The van der Waals surface area contributed by atoms with Crippen LogP contribution in [0.4, 0.5) is 10.2 Å². The highest BCUT2D eigenvalue weighted by atomic mass is 19.1. The van der Waals surface area contributed by atoms with Crippen molar-refractivity contribution in [1.82, 2.24) is 19.8 Å². The lowest BCUT2D eigenvalue weighted by Crippen LogP contribution is -2.43. The molecule has 1 aliphatic carbocycles. The Morgan fingerprint density at radius 3 is 2.60 bits per heavy atom. The Bertz CT molecular complexity index is 2160. The van der Waals surface area contributed by atoms with Gasteiger partial charge in [-0.3, -0.25) is 19.7 Å². The minimum Gasteiger partial charge on any atom is -0.508 e. The van der Waals surface area contributed by atoms with E-state index in [-0.39, 0.29) is 41.5 Å². The van der Waals surface area contributed by atoms with Crippen LogP contribution in [0.15, 0.2) is 45.3 Å². The number of ether oxygens (including phenoxy) is 1. The van der Waals surface area contributed by atoms with Gasteiger partial charge in [0, 0.05) is 44.4 Å². The summed E-state index contributed by atoms with van der Waals surface area (Å²) in [6.45, 7) is 11.9. The molecule has 4 aliphatic rings. The summed E-state index contributed by atoms with van der Waals surface area (Å²) in [6.07, 6.45) is 9.61. The molecule has 2 saturated heterocycles. The first-order valence-electron chi connectivity index (χ1n) is 19.5. The number of amidine groups is 2. The second-order valence-corrected chi connectivity index (χ2v) is 15.4. The maximum Gasteiger partial charge on any atom is 0.319 e. The molecule has 0 atom stereocenters. The summed E-state index contributed by atoms with van der Waals surface area (Å²) in [5.41, 5.74) is 11.0. The zero-order valence-electron chi connectivity index (χ0n) is 32.8. The third-order valence-corrected chi connectivity index (χ3v) is 11.1. The standard InChI is InChI=1S/C42H52FN9O3/c1-7-28-32(43)13-12-26-20-27(53)21-30(35(26)28)31-22-33-36(29(8-2)37(31)46-25(3)4)39(49-41(47-33)55-24-42-14-9-18-52(42)19-10-15-42)51-17-11-16-45-34(23-51)48-38(44)40(54)50(5)6/h8,12-13,20-22,25,53H,7,9-11,14-19,23-24H2,1-6H3,(H2,44,45,48)/b29-8-,46-37?. The largest absolute Gasteiger partial charge is 0.508 e. The molecule has 2 aromatic carbocycles. The van der Waals surface area contributed by atoms with E-state index in [1.54, 1.807) is 32.3 Å². The molecule has 0 bridgehead atoms. The normalized spacial score (nSPS) is 20.1. The molecule has 290 valence electrons. The fourth-order valence-electron chi connectivity index (χ4n) is 8.61. The van der Waals surface area contributed by atoms with Crippen LogP contribution in [-0.4, -0.2) is 113 Å². The van der Waals surface area contributed by atoms with Crippen molar-refractivity contribution in [2.24, 2.45) is 20.7 Å². The van der Waals surface area contributed by atoms with Gasteiger partial charge in [-0.05, 0) is 119 Å². The molecule has 0 radical (unpaired) electrons. The van der Waals surface area contributed by atoms with Crippen molar-refractivity contribution in [3.05, 3.63) is 58.5 Å². The van der Waals surface area contributed by atoms with Gasteiger partial charge in [0.15, 0.2) is 5.84 Å². The molecular formula is C42H52FN9O3. The van der Waals surface area contributed by atoms with Gasteiger partial charge < -0.3 is 25.4 Å². The first-order chi connectivity index (χ1) is 26.4. The molecule has 12 nitrogen and oxygen atoms in total. The van der Waals surface area contributed by atoms with Crippen LogP contribution in [0.1, 0.15) is 82.2 Å². The number of aryl methyl sites for hydroxylation is 1. The molecule has 7 rings (SSSR count). The van der Waals surface area contributed by atoms with Crippen molar-refractivity contribution in [1.29, 1.82) is 0 Å². The third kappa shape index (κ3) is 7.33. The Labute approximate surface area is 322 Å². The van der Waals surface area contributed by atoms with Crippen molar-refractivity contribution in [2.45, 2.75) is 77.8 Å². The number of anilines is 1. The summed E-state index contributed by atoms with van der Waals surface area (Å²) in [6, 6.07) is 6.69. The number of likely N-dealkylation sites (N-methyl/N-ethyl adjacent to an activating group) is 1. The van der Waals surface area contributed by atoms with Crippen LogP contribution in [0.25, 0.3) is 28.0 Å². The number of rotatable bonds is 7. The predicted octanol–water partition coefficient (Wildman–Crippen LogP) is 5.91. The van der Waals surface area contributed by atoms with E-state index in [0.717, 1.165) is 66.3 Å². The van der Waals surface area contributed by atoms with Crippen molar-refractivity contribution < 1.29 is 19.0 Å². The first kappa shape index (κ1) is 38.1. The quantitative estimate of drug-likeness (QED) is 0.224. The Morgan fingerprint density at radius 2 is 1.91 bits per heavy atom. The summed E-state index contributed by atoms with van der Waals surface area (Å²) in [7, 11) is 3.26.